The lowest BCUT2D eigenvalue weighted by atomic mass is 9.96. The molecule has 3 amide bonds. The quantitative estimate of drug-likeness (QED) is 0.0580. The Labute approximate surface area is 354 Å². The molecule has 0 spiro atoms. The first-order valence-corrected chi connectivity index (χ1v) is 20.0. The van der Waals surface area contributed by atoms with Crippen molar-refractivity contribution in [3.05, 3.63) is 173 Å². The number of halogens is 2. The summed E-state index contributed by atoms with van der Waals surface area (Å²) in [5.74, 6) is -9.37. The number of carbonyl (C=O) groups is 4. The van der Waals surface area contributed by atoms with Gasteiger partial charge in [-0.05, 0) is 45.9 Å². The second-order valence-electron chi connectivity index (χ2n) is 14.7. The average molecular weight is 836 g/mol. The number of Topliss-reactive ketones (excluding diaryl/α,β-unsaturated/α-hetero) is 1. The van der Waals surface area contributed by atoms with Gasteiger partial charge in [0.2, 0.25) is 11.7 Å². The molecule has 320 valence electrons. The normalized spacial score (nSPS) is 12.3. The van der Waals surface area contributed by atoms with E-state index in [1.807, 2.05) is 97.1 Å². The van der Waals surface area contributed by atoms with Crippen molar-refractivity contribution in [2.45, 2.75) is 70.7 Å². The number of carbonyl (C=O) groups excluding carboxylic acids is 4. The second-order valence-corrected chi connectivity index (χ2v) is 14.7. The number of nitrogens with one attached hydrogen (secondary N) is 3. The van der Waals surface area contributed by atoms with E-state index in [0.717, 1.165) is 16.7 Å². The van der Waals surface area contributed by atoms with E-state index in [9.17, 15) is 19.2 Å². The first kappa shape index (κ1) is 45.6. The zero-order chi connectivity index (χ0) is 43.5. The summed E-state index contributed by atoms with van der Waals surface area (Å²) in [5, 5.41) is 7.14. The molecule has 0 radical (unpaired) electrons. The molecule has 0 bridgehead atoms. The number of benzene rings is 5. The Hall–Kier alpha value is -6.44. The Bertz CT molecular complexity index is 2060. The number of hydrogen-bond acceptors (Lipinski definition) is 8. The molecule has 0 fully saturated rings. The third-order valence-electron chi connectivity index (χ3n) is 9.47. The maximum atomic E-state index is 16.2. The fraction of sp³-hybridized carbons (Fsp3) is 0.292. The summed E-state index contributed by atoms with van der Waals surface area (Å²) >= 11 is 0. The molecule has 0 aliphatic carbocycles. The number of rotatable bonds is 23. The Morgan fingerprint density at radius 1 is 0.557 bits per heavy atom. The van der Waals surface area contributed by atoms with Crippen LogP contribution in [0.4, 0.5) is 13.6 Å². The molecule has 5 aromatic rings. The van der Waals surface area contributed by atoms with Crippen LogP contribution in [0.1, 0.15) is 41.7 Å². The number of ketones is 1. The highest BCUT2D eigenvalue weighted by atomic mass is 19.3. The lowest BCUT2D eigenvalue weighted by Crippen LogP contribution is -2.60. The van der Waals surface area contributed by atoms with Gasteiger partial charge < -0.3 is 34.9 Å². The fourth-order valence-electron chi connectivity index (χ4n) is 6.12. The molecule has 3 N–H and O–H groups in total. The van der Waals surface area contributed by atoms with Gasteiger partial charge in [-0.2, -0.15) is 8.78 Å². The van der Waals surface area contributed by atoms with Crippen LogP contribution in [0.3, 0.4) is 0 Å². The highest BCUT2D eigenvalue weighted by Gasteiger charge is 2.51. The van der Waals surface area contributed by atoms with Crippen molar-refractivity contribution < 1.29 is 46.9 Å². The van der Waals surface area contributed by atoms with E-state index in [4.69, 9.17) is 18.9 Å². The number of hydrogen-bond donors (Lipinski definition) is 3. The standard InChI is InChI=1S/C48H51F2N3O8/c1-34(2)43(53-47(57)61-31-39-21-13-6-14-22-39)45(55)52-42(27-35-23-25-41(26-24-35)60-30-38-19-11-5-12-20-38)44(54)48(49,50)46(56)51-40(32-58-28-36-15-7-3-8-16-36)33-59-29-37-17-9-4-10-18-37/h3-26,34,40,42-43H,27-33H2,1-2H3,(H,51,56)(H,52,55)(H,53,57)/t42?,43-/m0/s1. The summed E-state index contributed by atoms with van der Waals surface area (Å²) < 4.78 is 55.1. The predicted octanol–water partition coefficient (Wildman–Crippen LogP) is 7.37. The molecule has 1 unspecified atom stereocenters. The van der Waals surface area contributed by atoms with Gasteiger partial charge in [0.15, 0.2) is 0 Å². The summed E-state index contributed by atoms with van der Waals surface area (Å²) in [7, 11) is 0. The minimum atomic E-state index is -4.62. The zero-order valence-corrected chi connectivity index (χ0v) is 34.1. The number of alkyl halides is 2. The average Bonchev–Trinajstić information content (AvgIpc) is 3.28. The Kier molecular flexibility index (Phi) is 17.5. The number of alkyl carbamates (subject to hydrolysis) is 1. The van der Waals surface area contributed by atoms with Gasteiger partial charge in [0.25, 0.3) is 5.91 Å². The van der Waals surface area contributed by atoms with Gasteiger partial charge in [0, 0.05) is 6.42 Å². The first-order chi connectivity index (χ1) is 29.5. The molecule has 0 saturated heterocycles. The molecule has 11 nitrogen and oxygen atoms in total. The minimum Gasteiger partial charge on any atom is -0.489 e. The summed E-state index contributed by atoms with van der Waals surface area (Å²) in [6.07, 6.45) is -1.34. The zero-order valence-electron chi connectivity index (χ0n) is 34.1. The first-order valence-electron chi connectivity index (χ1n) is 20.0. The van der Waals surface area contributed by atoms with E-state index in [2.05, 4.69) is 16.0 Å². The van der Waals surface area contributed by atoms with E-state index in [1.54, 1.807) is 62.4 Å². The monoisotopic (exact) mass is 835 g/mol. The third kappa shape index (κ3) is 15.0. The second kappa shape index (κ2) is 23.4. The molecular weight excluding hydrogens is 785 g/mol. The molecule has 13 heteroatoms. The lowest BCUT2D eigenvalue weighted by molar-refractivity contribution is -0.161. The number of amides is 3. The van der Waals surface area contributed by atoms with E-state index >= 15 is 8.78 Å². The molecule has 61 heavy (non-hydrogen) atoms. The SMILES string of the molecule is CC(C)[C@H](NC(=O)OCc1ccccc1)C(=O)NC(Cc1ccc(OCc2ccccc2)cc1)C(=O)C(F)(F)C(=O)NC(COCc1ccccc1)COCc1ccccc1. The lowest BCUT2D eigenvalue weighted by Gasteiger charge is -2.27. The number of ether oxygens (including phenoxy) is 4. The van der Waals surface area contributed by atoms with Crippen LogP contribution < -0.4 is 20.7 Å². The van der Waals surface area contributed by atoms with Crippen LogP contribution in [-0.4, -0.2) is 61.0 Å². The van der Waals surface area contributed by atoms with E-state index in [1.165, 1.54) is 0 Å². The highest BCUT2D eigenvalue weighted by molar-refractivity contribution is 6.10. The van der Waals surface area contributed by atoms with Crippen molar-refractivity contribution >= 4 is 23.7 Å². The van der Waals surface area contributed by atoms with Gasteiger partial charge in [0.1, 0.15) is 25.0 Å². The van der Waals surface area contributed by atoms with Crippen LogP contribution in [0.5, 0.6) is 5.75 Å². The maximum Gasteiger partial charge on any atom is 0.408 e. The Morgan fingerprint density at radius 3 is 1.49 bits per heavy atom. The Morgan fingerprint density at radius 2 is 1.02 bits per heavy atom. The van der Waals surface area contributed by atoms with E-state index in [-0.39, 0.29) is 39.6 Å². The molecule has 5 aromatic carbocycles. The van der Waals surface area contributed by atoms with Gasteiger partial charge >= 0.3 is 12.0 Å². The van der Waals surface area contributed by atoms with Crippen LogP contribution in [-0.2, 0) is 61.4 Å². The molecular formula is C48H51F2N3O8. The van der Waals surface area contributed by atoms with Crippen LogP contribution in [0.25, 0.3) is 0 Å². The molecule has 0 aliphatic heterocycles. The van der Waals surface area contributed by atoms with Crippen molar-refractivity contribution in [2.75, 3.05) is 13.2 Å². The van der Waals surface area contributed by atoms with Gasteiger partial charge in [-0.3, -0.25) is 14.4 Å². The highest BCUT2D eigenvalue weighted by Crippen LogP contribution is 2.22. The molecule has 0 aromatic heterocycles. The third-order valence-corrected chi connectivity index (χ3v) is 9.47. The summed E-state index contributed by atoms with van der Waals surface area (Å²) in [6, 6.07) is 38.8. The fourth-order valence-corrected chi connectivity index (χ4v) is 6.12. The molecule has 5 rings (SSSR count). The summed E-state index contributed by atoms with van der Waals surface area (Å²) in [6.45, 7) is 3.32. The van der Waals surface area contributed by atoms with Gasteiger partial charge in [-0.1, -0.05) is 147 Å². The van der Waals surface area contributed by atoms with Crippen molar-refractivity contribution in [2.24, 2.45) is 5.92 Å². The molecule has 0 saturated carbocycles. The van der Waals surface area contributed by atoms with Crippen LogP contribution in [0, 0.1) is 5.92 Å². The van der Waals surface area contributed by atoms with Crippen molar-refractivity contribution in [1.29, 1.82) is 0 Å². The summed E-state index contributed by atoms with van der Waals surface area (Å²) in [5.41, 5.74) is 3.68. The molecule has 0 aliphatic rings. The van der Waals surface area contributed by atoms with E-state index in [0.29, 0.717) is 16.9 Å². The van der Waals surface area contributed by atoms with Crippen molar-refractivity contribution in [3.63, 3.8) is 0 Å². The summed E-state index contributed by atoms with van der Waals surface area (Å²) in [4.78, 5) is 53.9. The maximum absolute atomic E-state index is 16.2. The largest absolute Gasteiger partial charge is 0.489 e. The van der Waals surface area contributed by atoms with Gasteiger partial charge in [-0.25, -0.2) is 4.79 Å². The minimum absolute atomic E-state index is 0.0812. The molecule has 0 heterocycles. The topological polar surface area (TPSA) is 141 Å². The van der Waals surface area contributed by atoms with Crippen molar-refractivity contribution in [1.82, 2.24) is 16.0 Å². The van der Waals surface area contributed by atoms with Gasteiger partial charge in [-0.15, -0.1) is 0 Å². The van der Waals surface area contributed by atoms with Crippen LogP contribution >= 0.6 is 0 Å². The predicted molar refractivity (Wildman–Crippen MR) is 225 cm³/mol. The van der Waals surface area contributed by atoms with Crippen molar-refractivity contribution in [3.8, 4) is 5.75 Å². The Balaban J connectivity index is 1.31. The van der Waals surface area contributed by atoms with E-state index < -0.39 is 60.1 Å². The van der Waals surface area contributed by atoms with Gasteiger partial charge in [0.05, 0.1) is 38.5 Å². The van der Waals surface area contributed by atoms with Crippen LogP contribution in [0.2, 0.25) is 0 Å². The van der Waals surface area contributed by atoms with Crippen LogP contribution in [0.15, 0.2) is 146 Å². The smallest absolute Gasteiger partial charge is 0.408 e. The molecule has 2 atom stereocenters.